The van der Waals surface area contributed by atoms with Gasteiger partial charge in [-0.2, -0.15) is 0 Å². The molecule has 0 aliphatic heterocycles. The molecule has 12 heteroatoms. The number of para-hydroxylation sites is 1. The number of ether oxygens (including phenoxy) is 4. The molecule has 46 heavy (non-hydrogen) atoms. The van der Waals surface area contributed by atoms with Crippen LogP contribution < -0.4 is 19.7 Å². The van der Waals surface area contributed by atoms with Crippen molar-refractivity contribution in [2.24, 2.45) is 5.41 Å². The van der Waals surface area contributed by atoms with Crippen LogP contribution >= 0.6 is 0 Å². The van der Waals surface area contributed by atoms with Crippen molar-refractivity contribution in [3.63, 3.8) is 0 Å². The third kappa shape index (κ3) is 13.0. The molecule has 12 nitrogen and oxygen atoms in total. The summed E-state index contributed by atoms with van der Waals surface area (Å²) < 4.78 is 22.6. The van der Waals surface area contributed by atoms with Crippen LogP contribution in [0.15, 0.2) is 60.5 Å². The molecule has 2 rings (SSSR count). The maximum absolute atomic E-state index is 11.3. The van der Waals surface area contributed by atoms with Crippen molar-refractivity contribution in [1.29, 1.82) is 0 Å². The molecule has 1 amide bonds. The maximum Gasteiger partial charge on any atom is 0.370 e. The Labute approximate surface area is 270 Å². The Morgan fingerprint density at radius 3 is 2.28 bits per heavy atom. The molecule has 0 bridgehead atoms. The fourth-order valence-electron chi connectivity index (χ4n) is 4.43. The summed E-state index contributed by atoms with van der Waals surface area (Å²) in [6.07, 6.45) is 4.43. The molecule has 252 valence electrons. The SMILES string of the molecule is CC(=O)N/C=C\C=C(/O)C(=O)O.CCc1ccc(N(C)CC(C)(C)COC(C)=O)c(C(OCC=O)c2cccc(OC)c2OC)c1. The number of hydrogen-bond acceptors (Lipinski definition) is 10. The van der Waals surface area contributed by atoms with Gasteiger partial charge in [0.25, 0.3) is 0 Å². The number of benzene rings is 2. The largest absolute Gasteiger partial charge is 0.502 e. The molecule has 0 aliphatic rings. The number of aliphatic carboxylic acids is 1. The van der Waals surface area contributed by atoms with E-state index in [1.807, 2.05) is 25.2 Å². The molecule has 2 aromatic carbocycles. The van der Waals surface area contributed by atoms with Gasteiger partial charge in [-0.3, -0.25) is 9.59 Å². The van der Waals surface area contributed by atoms with E-state index in [9.17, 15) is 19.2 Å². The lowest BCUT2D eigenvalue weighted by Gasteiger charge is -2.34. The molecule has 2 aromatic rings. The van der Waals surface area contributed by atoms with Crippen LogP contribution in [-0.2, 0) is 35.1 Å². The Morgan fingerprint density at radius 1 is 1.04 bits per heavy atom. The van der Waals surface area contributed by atoms with Gasteiger partial charge in [0.15, 0.2) is 11.5 Å². The molecule has 0 heterocycles. The lowest BCUT2D eigenvalue weighted by atomic mass is 9.92. The van der Waals surface area contributed by atoms with Crippen LogP contribution in [0.4, 0.5) is 5.69 Å². The second-order valence-corrected chi connectivity index (χ2v) is 10.9. The summed E-state index contributed by atoms with van der Waals surface area (Å²) >= 11 is 0. The normalized spacial score (nSPS) is 12.0. The number of carbonyl (C=O) groups is 4. The van der Waals surface area contributed by atoms with Crippen molar-refractivity contribution in [1.82, 2.24) is 5.32 Å². The number of hydrogen-bond donors (Lipinski definition) is 3. The van der Waals surface area contributed by atoms with Crippen molar-refractivity contribution in [2.45, 2.75) is 47.1 Å². The third-order valence-corrected chi connectivity index (χ3v) is 6.43. The van der Waals surface area contributed by atoms with Gasteiger partial charge in [0, 0.05) is 55.9 Å². The average molecular weight is 643 g/mol. The molecule has 0 aromatic heterocycles. The molecule has 0 saturated carbocycles. The molecule has 0 fully saturated rings. The van der Waals surface area contributed by atoms with E-state index in [0.29, 0.717) is 24.7 Å². The number of nitrogens with one attached hydrogen (secondary N) is 1. The van der Waals surface area contributed by atoms with E-state index in [2.05, 4.69) is 49.2 Å². The number of aliphatic hydroxyl groups excluding tert-OH is 1. The monoisotopic (exact) mass is 642 g/mol. The summed E-state index contributed by atoms with van der Waals surface area (Å²) in [5, 5.41) is 19.0. The van der Waals surface area contributed by atoms with Gasteiger partial charge in [0.2, 0.25) is 11.7 Å². The number of carboxylic acids is 1. The van der Waals surface area contributed by atoms with E-state index in [0.717, 1.165) is 41.2 Å². The number of nitrogens with zero attached hydrogens (tertiary/aromatic N) is 1. The summed E-state index contributed by atoms with van der Waals surface area (Å²) in [5.74, 6) is -1.61. The Hall–Kier alpha value is -4.84. The molecule has 0 spiro atoms. The fraction of sp³-hybridized carbons (Fsp3) is 0.412. The van der Waals surface area contributed by atoms with Gasteiger partial charge >= 0.3 is 11.9 Å². The predicted octanol–water partition coefficient (Wildman–Crippen LogP) is 4.76. The summed E-state index contributed by atoms with van der Waals surface area (Å²) in [6.45, 7) is 9.80. The van der Waals surface area contributed by atoms with Crippen molar-refractivity contribution in [3.8, 4) is 11.5 Å². The molecular formula is C34H46N2O10. The number of carboxylic acid groups (broad SMARTS) is 1. The van der Waals surface area contributed by atoms with Crippen molar-refractivity contribution in [2.75, 3.05) is 45.9 Å². The molecule has 1 atom stereocenters. The van der Waals surface area contributed by atoms with Gasteiger partial charge in [0.05, 0.1) is 20.8 Å². The minimum atomic E-state index is -1.41. The zero-order valence-corrected chi connectivity index (χ0v) is 27.8. The number of aryl methyl sites for hydroxylation is 1. The van der Waals surface area contributed by atoms with E-state index in [4.69, 9.17) is 29.2 Å². The average Bonchev–Trinajstić information content (AvgIpc) is 3.01. The maximum atomic E-state index is 11.3. The second kappa shape index (κ2) is 19.5. The third-order valence-electron chi connectivity index (χ3n) is 6.43. The fourth-order valence-corrected chi connectivity index (χ4v) is 4.43. The molecule has 0 radical (unpaired) electrons. The van der Waals surface area contributed by atoms with Crippen LogP contribution in [0.5, 0.6) is 11.5 Å². The highest BCUT2D eigenvalue weighted by Gasteiger charge is 2.28. The second-order valence-electron chi connectivity index (χ2n) is 10.9. The number of carbonyl (C=O) groups excluding carboxylic acids is 3. The molecule has 0 aliphatic carbocycles. The first-order valence-corrected chi connectivity index (χ1v) is 14.5. The number of amides is 1. The number of rotatable bonds is 16. The smallest absolute Gasteiger partial charge is 0.370 e. The zero-order chi connectivity index (χ0) is 34.9. The summed E-state index contributed by atoms with van der Waals surface area (Å²) in [7, 11) is 5.18. The minimum absolute atomic E-state index is 0.0670. The highest BCUT2D eigenvalue weighted by molar-refractivity contribution is 5.84. The summed E-state index contributed by atoms with van der Waals surface area (Å²) in [4.78, 5) is 45.0. The van der Waals surface area contributed by atoms with Gasteiger partial charge in [-0.1, -0.05) is 45.0 Å². The van der Waals surface area contributed by atoms with E-state index < -0.39 is 17.8 Å². The van der Waals surface area contributed by atoms with Gasteiger partial charge in [0.1, 0.15) is 19.0 Å². The van der Waals surface area contributed by atoms with Crippen LogP contribution in [0.2, 0.25) is 0 Å². The number of allylic oxidation sites excluding steroid dienone is 2. The standard InChI is InChI=1S/C27H37NO6.C7H9NO4/c1-8-20-12-13-23(28(5)17-27(3,4)18-34-19(2)30)22(16-20)25(33-15-14-29)21-10-9-11-24(31-6)26(21)32-7;1-5(9)8-4-2-3-6(10)7(11)12/h9-14,16,25H,8,15,17-18H2,1-7H3;2-4,10H,1H3,(H,8,9)(H,11,12)/b;4-2-,6-3-. The lowest BCUT2D eigenvalue weighted by Crippen LogP contribution is -2.36. The molecular weight excluding hydrogens is 596 g/mol. The van der Waals surface area contributed by atoms with Crippen molar-refractivity contribution < 1.29 is 48.3 Å². The first-order chi connectivity index (χ1) is 21.7. The lowest BCUT2D eigenvalue weighted by molar-refractivity contribution is -0.143. The van der Waals surface area contributed by atoms with Gasteiger partial charge in [-0.05, 0) is 36.3 Å². The van der Waals surface area contributed by atoms with Crippen LogP contribution in [0.3, 0.4) is 0 Å². The Kier molecular flexibility index (Phi) is 16.6. The number of methoxy groups -OCH3 is 2. The van der Waals surface area contributed by atoms with Crippen LogP contribution in [0, 0.1) is 5.41 Å². The van der Waals surface area contributed by atoms with Crippen molar-refractivity contribution in [3.05, 3.63) is 77.2 Å². The van der Waals surface area contributed by atoms with E-state index in [-0.39, 0.29) is 23.9 Å². The first kappa shape index (κ1) is 39.2. The summed E-state index contributed by atoms with van der Waals surface area (Å²) in [5.41, 5.74) is 3.50. The van der Waals surface area contributed by atoms with Crippen LogP contribution in [-0.4, -0.2) is 75.4 Å². The van der Waals surface area contributed by atoms with E-state index >= 15 is 0 Å². The highest BCUT2D eigenvalue weighted by Crippen LogP contribution is 2.42. The van der Waals surface area contributed by atoms with Gasteiger partial charge < -0.3 is 44.2 Å². The quantitative estimate of drug-likeness (QED) is 0.0761. The van der Waals surface area contributed by atoms with Crippen molar-refractivity contribution >= 4 is 29.8 Å². The Balaban J connectivity index is 0.000000745. The first-order valence-electron chi connectivity index (χ1n) is 14.5. The topological polar surface area (TPSA) is 161 Å². The number of esters is 1. The van der Waals surface area contributed by atoms with Crippen LogP contribution in [0.1, 0.15) is 57.4 Å². The summed E-state index contributed by atoms with van der Waals surface area (Å²) in [6, 6.07) is 11.9. The Morgan fingerprint density at radius 2 is 1.74 bits per heavy atom. The molecule has 0 saturated heterocycles. The predicted molar refractivity (Wildman–Crippen MR) is 174 cm³/mol. The number of aliphatic hydroxyl groups is 1. The van der Waals surface area contributed by atoms with Gasteiger partial charge in [-0.15, -0.1) is 0 Å². The zero-order valence-electron chi connectivity index (χ0n) is 27.8. The van der Waals surface area contributed by atoms with E-state index in [1.54, 1.807) is 14.2 Å². The van der Waals surface area contributed by atoms with Gasteiger partial charge in [-0.25, -0.2) is 4.79 Å². The van der Waals surface area contributed by atoms with Crippen LogP contribution in [0.25, 0.3) is 0 Å². The molecule has 1 unspecified atom stereocenters. The number of anilines is 1. The van der Waals surface area contributed by atoms with E-state index in [1.165, 1.54) is 26.1 Å². The molecule has 3 N–H and O–H groups in total. The Bertz CT molecular complexity index is 1380. The minimum Gasteiger partial charge on any atom is -0.502 e. The number of aldehydes is 1. The highest BCUT2D eigenvalue weighted by atomic mass is 16.5.